The van der Waals surface area contributed by atoms with Crippen LogP contribution in [0.2, 0.25) is 0 Å². The van der Waals surface area contributed by atoms with Crippen LogP contribution in [0, 0.1) is 0 Å². The molecule has 0 atom stereocenters. The predicted molar refractivity (Wildman–Crippen MR) is 50.3 cm³/mol. The third kappa shape index (κ3) is 1.71. The van der Waals surface area contributed by atoms with Crippen LogP contribution in [-0.4, -0.2) is 19.9 Å². The fourth-order valence-electron chi connectivity index (χ4n) is 1.14. The maximum atomic E-state index is 11.2. The van der Waals surface area contributed by atoms with Crippen LogP contribution >= 0.6 is 0 Å². The minimum absolute atomic E-state index is 0.202. The summed E-state index contributed by atoms with van der Waals surface area (Å²) in [4.78, 5) is 25.4. The van der Waals surface area contributed by atoms with E-state index >= 15 is 0 Å². The average Bonchev–Trinajstić information content (AvgIpc) is 2.66. The second-order valence-corrected chi connectivity index (χ2v) is 2.80. The van der Waals surface area contributed by atoms with Crippen LogP contribution < -0.4 is 11.3 Å². The monoisotopic (exact) mass is 208 g/mol. The van der Waals surface area contributed by atoms with Crippen molar-refractivity contribution in [2.75, 3.05) is 0 Å². The van der Waals surface area contributed by atoms with Gasteiger partial charge in [-0.2, -0.15) is 15.2 Å². The van der Waals surface area contributed by atoms with Crippen molar-refractivity contribution in [3.05, 3.63) is 33.0 Å². The molecule has 0 saturated carbocycles. The molecule has 0 amide bonds. The normalized spacial score (nSPS) is 10.5. The van der Waals surface area contributed by atoms with E-state index in [0.29, 0.717) is 12.2 Å². The van der Waals surface area contributed by atoms with E-state index in [1.54, 1.807) is 6.92 Å². The number of rotatable bonds is 2. The van der Waals surface area contributed by atoms with Crippen LogP contribution in [0.4, 0.5) is 0 Å². The van der Waals surface area contributed by atoms with Crippen molar-refractivity contribution in [2.24, 2.45) is 0 Å². The highest BCUT2D eigenvalue weighted by Crippen LogP contribution is 2.05. The van der Waals surface area contributed by atoms with E-state index in [0.717, 1.165) is 0 Å². The van der Waals surface area contributed by atoms with Crippen molar-refractivity contribution in [1.82, 2.24) is 19.9 Å². The van der Waals surface area contributed by atoms with Gasteiger partial charge in [0.1, 0.15) is 5.69 Å². The molecule has 0 aromatic carbocycles. The average molecular weight is 208 g/mol. The van der Waals surface area contributed by atoms with Gasteiger partial charge in [-0.3, -0.25) is 4.79 Å². The lowest BCUT2D eigenvalue weighted by molar-refractivity contribution is 0.387. The number of aromatic nitrogens is 4. The second kappa shape index (κ2) is 3.52. The van der Waals surface area contributed by atoms with Crippen LogP contribution in [0.15, 0.2) is 26.2 Å². The lowest BCUT2D eigenvalue weighted by Crippen LogP contribution is -2.21. The molecule has 0 aliphatic heterocycles. The molecule has 7 nitrogen and oxygen atoms in total. The van der Waals surface area contributed by atoms with E-state index in [1.807, 2.05) is 0 Å². The van der Waals surface area contributed by atoms with Crippen LogP contribution in [0.1, 0.15) is 6.92 Å². The largest absolute Gasteiger partial charge is 0.460 e. The highest BCUT2D eigenvalue weighted by atomic mass is 16.5. The first-order valence-electron chi connectivity index (χ1n) is 4.34. The Bertz CT molecular complexity index is 580. The lowest BCUT2D eigenvalue weighted by Gasteiger charge is -2.00. The molecule has 0 aliphatic rings. The number of hydrogen-bond acceptors (Lipinski definition) is 5. The first-order valence-corrected chi connectivity index (χ1v) is 4.34. The van der Waals surface area contributed by atoms with E-state index in [-0.39, 0.29) is 11.4 Å². The molecule has 2 aromatic rings. The van der Waals surface area contributed by atoms with E-state index in [9.17, 15) is 9.59 Å². The molecule has 2 heterocycles. The molecule has 7 heteroatoms. The molecule has 78 valence electrons. The molecule has 0 saturated heterocycles. The van der Waals surface area contributed by atoms with Crippen molar-refractivity contribution in [2.45, 2.75) is 13.5 Å². The zero-order valence-electron chi connectivity index (χ0n) is 7.93. The summed E-state index contributed by atoms with van der Waals surface area (Å²) in [5.74, 6) is -0.511. The van der Waals surface area contributed by atoms with Crippen molar-refractivity contribution in [3.63, 3.8) is 0 Å². The Kier molecular flexibility index (Phi) is 2.20. The van der Waals surface area contributed by atoms with Gasteiger partial charge in [-0.1, -0.05) is 0 Å². The molecule has 2 rings (SSSR count). The number of nitrogens with one attached hydrogen (secondary N) is 1. The zero-order chi connectivity index (χ0) is 10.8. The van der Waals surface area contributed by atoms with Gasteiger partial charge in [-0.05, 0) is 13.0 Å². The molecule has 0 radical (unpaired) electrons. The Hall–Kier alpha value is -2.18. The Morgan fingerprint density at radius 3 is 2.87 bits per heavy atom. The highest BCUT2D eigenvalue weighted by Gasteiger charge is 2.06. The topological polar surface area (TPSA) is 93.8 Å². The Balaban J connectivity index is 2.54. The summed E-state index contributed by atoms with van der Waals surface area (Å²) in [6.45, 7) is 2.25. The van der Waals surface area contributed by atoms with E-state index in [2.05, 4.69) is 19.8 Å². The summed E-state index contributed by atoms with van der Waals surface area (Å²) < 4.78 is 5.67. The molecular formula is C8H8N4O3. The zero-order valence-corrected chi connectivity index (χ0v) is 7.93. The maximum Gasteiger partial charge on any atom is 0.460 e. The van der Waals surface area contributed by atoms with Crippen molar-refractivity contribution < 1.29 is 4.52 Å². The van der Waals surface area contributed by atoms with Crippen LogP contribution in [0.3, 0.4) is 0 Å². The summed E-state index contributed by atoms with van der Waals surface area (Å²) in [7, 11) is 0. The summed E-state index contributed by atoms with van der Waals surface area (Å²) in [5.41, 5.74) is 0.189. The third-order valence-corrected chi connectivity index (χ3v) is 1.85. The molecule has 0 aliphatic carbocycles. The molecule has 0 bridgehead atoms. The smallest absolute Gasteiger partial charge is 0.321 e. The molecule has 0 spiro atoms. The van der Waals surface area contributed by atoms with Crippen molar-refractivity contribution >= 4 is 0 Å². The maximum absolute atomic E-state index is 11.2. The Morgan fingerprint density at radius 1 is 1.47 bits per heavy atom. The van der Waals surface area contributed by atoms with Gasteiger partial charge in [0.05, 0.1) is 0 Å². The third-order valence-electron chi connectivity index (χ3n) is 1.85. The van der Waals surface area contributed by atoms with Gasteiger partial charge in [-0.25, -0.2) is 9.48 Å². The van der Waals surface area contributed by atoms with Gasteiger partial charge in [-0.15, -0.1) is 0 Å². The first-order chi connectivity index (χ1) is 7.20. The summed E-state index contributed by atoms with van der Waals surface area (Å²) in [6.07, 6.45) is 0. The molecular weight excluding hydrogens is 200 g/mol. The highest BCUT2D eigenvalue weighted by molar-refractivity contribution is 5.45. The summed E-state index contributed by atoms with van der Waals surface area (Å²) in [6, 6.07) is 2.83. The standard InChI is InChI=1S/C8H8N4O3/c1-2-12-6(13)4-3-5(10-12)7-9-8(14)15-11-7/h3-4H,2H2,1H3,(H,9,11,14). The van der Waals surface area contributed by atoms with Gasteiger partial charge in [0.2, 0.25) is 0 Å². The molecule has 15 heavy (non-hydrogen) atoms. The summed E-state index contributed by atoms with van der Waals surface area (Å²) in [5, 5.41) is 6.30. The van der Waals surface area contributed by atoms with Crippen molar-refractivity contribution in [1.29, 1.82) is 0 Å². The molecule has 2 aromatic heterocycles. The van der Waals surface area contributed by atoms with Crippen LogP contribution in [0.5, 0.6) is 0 Å². The molecule has 0 fully saturated rings. The van der Waals surface area contributed by atoms with Crippen molar-refractivity contribution in [3.8, 4) is 11.5 Å². The Labute approximate surface area is 83.3 Å². The molecule has 1 N–H and O–H groups in total. The lowest BCUT2D eigenvalue weighted by atomic mass is 10.4. The van der Waals surface area contributed by atoms with E-state index in [4.69, 9.17) is 0 Å². The minimum atomic E-state index is -0.721. The quantitative estimate of drug-likeness (QED) is 0.725. The van der Waals surface area contributed by atoms with Crippen LogP contribution in [0.25, 0.3) is 11.5 Å². The number of aryl methyl sites for hydroxylation is 1. The number of nitrogens with zero attached hydrogens (tertiary/aromatic N) is 3. The Morgan fingerprint density at radius 2 is 2.27 bits per heavy atom. The van der Waals surface area contributed by atoms with E-state index in [1.165, 1.54) is 16.8 Å². The fraction of sp³-hybridized carbons (Fsp3) is 0.250. The fourth-order valence-corrected chi connectivity index (χ4v) is 1.14. The first kappa shape index (κ1) is 9.38. The second-order valence-electron chi connectivity index (χ2n) is 2.80. The van der Waals surface area contributed by atoms with E-state index < -0.39 is 5.76 Å². The number of hydrogen-bond donors (Lipinski definition) is 1. The van der Waals surface area contributed by atoms with Gasteiger partial charge in [0.25, 0.3) is 5.56 Å². The van der Waals surface area contributed by atoms with Gasteiger partial charge >= 0.3 is 5.76 Å². The summed E-state index contributed by atoms with van der Waals surface area (Å²) >= 11 is 0. The van der Waals surface area contributed by atoms with Gasteiger partial charge in [0, 0.05) is 12.6 Å². The van der Waals surface area contributed by atoms with Gasteiger partial charge in [0.15, 0.2) is 5.82 Å². The molecule has 0 unspecified atom stereocenters. The number of aromatic amines is 1. The SMILES string of the molecule is CCn1nc(-c2nc(=O)o[nH]2)ccc1=O. The minimum Gasteiger partial charge on any atom is -0.321 e. The van der Waals surface area contributed by atoms with Crippen LogP contribution in [-0.2, 0) is 6.54 Å². The predicted octanol–water partition coefficient (Wildman–Crippen LogP) is -0.393. The number of H-pyrrole nitrogens is 1. The van der Waals surface area contributed by atoms with Gasteiger partial charge < -0.3 is 4.52 Å².